The van der Waals surface area contributed by atoms with Gasteiger partial charge in [0.05, 0.1) is 12.1 Å². The summed E-state index contributed by atoms with van der Waals surface area (Å²) >= 11 is 1.71. The number of hydrogen-bond acceptors (Lipinski definition) is 5. The Labute approximate surface area is 211 Å². The summed E-state index contributed by atoms with van der Waals surface area (Å²) in [5, 5.41) is 6.56. The van der Waals surface area contributed by atoms with Crippen LogP contribution in [0.1, 0.15) is 54.5 Å². The molecule has 0 saturated carbocycles. The number of nitrogens with zero attached hydrogens (tertiary/aromatic N) is 2. The van der Waals surface area contributed by atoms with E-state index in [1.165, 1.54) is 20.9 Å². The summed E-state index contributed by atoms with van der Waals surface area (Å²) in [6, 6.07) is 14.9. The maximum absolute atomic E-state index is 13.2. The summed E-state index contributed by atoms with van der Waals surface area (Å²) in [5.74, 6) is -0.00934. The van der Waals surface area contributed by atoms with Gasteiger partial charge in [-0.2, -0.15) is 0 Å². The number of carbonyl (C=O) groups is 2. The number of urea groups is 1. The summed E-state index contributed by atoms with van der Waals surface area (Å²) in [7, 11) is 1.68. The second kappa shape index (κ2) is 10.5. The number of likely N-dealkylation sites (N-methyl/N-ethyl adjacent to an activating group) is 1. The number of fused-ring (bicyclic) bond motifs is 4. The fourth-order valence-corrected chi connectivity index (χ4v) is 6.15. The van der Waals surface area contributed by atoms with E-state index in [0.29, 0.717) is 12.6 Å². The van der Waals surface area contributed by atoms with Gasteiger partial charge in [-0.3, -0.25) is 4.79 Å². The molecule has 3 aliphatic rings. The first-order chi connectivity index (χ1) is 17.0. The molecule has 3 amide bonds. The second-order valence-electron chi connectivity index (χ2n) is 9.65. The van der Waals surface area contributed by atoms with Crippen molar-refractivity contribution in [2.45, 2.75) is 55.3 Å². The first kappa shape index (κ1) is 24.0. The van der Waals surface area contributed by atoms with Crippen molar-refractivity contribution >= 4 is 29.4 Å². The van der Waals surface area contributed by atoms with Gasteiger partial charge >= 0.3 is 6.03 Å². The number of rotatable bonds is 6. The smallest absolute Gasteiger partial charge is 0.317 e. The zero-order valence-electron chi connectivity index (χ0n) is 20.5. The van der Waals surface area contributed by atoms with Crippen LogP contribution in [-0.2, 0) is 16.1 Å². The fourth-order valence-electron chi connectivity index (χ4n) is 5.49. The van der Waals surface area contributed by atoms with Crippen molar-refractivity contribution in [2.24, 2.45) is 0 Å². The average Bonchev–Trinajstić information content (AvgIpc) is 3.37. The van der Waals surface area contributed by atoms with Crippen LogP contribution in [0.25, 0.3) is 0 Å². The molecule has 5 rings (SSSR count). The molecule has 3 heterocycles. The van der Waals surface area contributed by atoms with Crippen LogP contribution >= 0.6 is 11.8 Å². The van der Waals surface area contributed by atoms with Crippen LogP contribution in [0.5, 0.6) is 0 Å². The fraction of sp³-hybridized carbons (Fsp3) is 0.481. The van der Waals surface area contributed by atoms with E-state index in [-0.39, 0.29) is 30.6 Å². The van der Waals surface area contributed by atoms with Gasteiger partial charge in [0, 0.05) is 48.9 Å². The van der Waals surface area contributed by atoms with Gasteiger partial charge in [-0.25, -0.2) is 4.79 Å². The molecule has 2 unspecified atom stereocenters. The van der Waals surface area contributed by atoms with Gasteiger partial charge in [0.15, 0.2) is 0 Å². The van der Waals surface area contributed by atoms with Gasteiger partial charge < -0.3 is 25.2 Å². The van der Waals surface area contributed by atoms with Crippen molar-refractivity contribution in [2.75, 3.05) is 38.3 Å². The highest BCUT2D eigenvalue weighted by Crippen LogP contribution is 2.39. The van der Waals surface area contributed by atoms with Crippen molar-refractivity contribution in [1.29, 1.82) is 0 Å². The average molecular weight is 495 g/mol. The van der Waals surface area contributed by atoms with Crippen LogP contribution in [0.3, 0.4) is 0 Å². The van der Waals surface area contributed by atoms with Crippen LogP contribution < -0.4 is 10.6 Å². The topological polar surface area (TPSA) is 73.9 Å². The summed E-state index contributed by atoms with van der Waals surface area (Å²) < 4.78 is 5.96. The minimum absolute atomic E-state index is 0.00934. The third-order valence-corrected chi connectivity index (χ3v) is 8.15. The molecule has 186 valence electrons. The van der Waals surface area contributed by atoms with E-state index in [1.807, 2.05) is 23.1 Å². The SMILES string of the molecule is CSc1ccccc1[C@H]1CCCN1C(=O)CN(C)C(=O)NCc1ccc2c(c1)C1CC(CCO1)N2. The highest BCUT2D eigenvalue weighted by Gasteiger charge is 2.33. The lowest BCUT2D eigenvalue weighted by molar-refractivity contribution is -0.132. The van der Waals surface area contributed by atoms with Crippen LogP contribution in [0.4, 0.5) is 10.5 Å². The lowest BCUT2D eigenvalue weighted by Crippen LogP contribution is -2.44. The highest BCUT2D eigenvalue weighted by atomic mass is 32.2. The number of anilines is 1. The van der Waals surface area contributed by atoms with E-state index in [9.17, 15) is 9.59 Å². The van der Waals surface area contributed by atoms with E-state index < -0.39 is 0 Å². The summed E-state index contributed by atoms with van der Waals surface area (Å²) in [6.07, 6.45) is 6.17. The summed E-state index contributed by atoms with van der Waals surface area (Å²) in [6.45, 7) is 1.99. The Morgan fingerprint density at radius 2 is 2.06 bits per heavy atom. The van der Waals surface area contributed by atoms with Gasteiger partial charge in [0.2, 0.25) is 5.91 Å². The third kappa shape index (κ3) is 5.14. The molecular weight excluding hydrogens is 460 g/mol. The molecule has 8 heteroatoms. The number of carbonyl (C=O) groups excluding carboxylic acids is 2. The van der Waals surface area contributed by atoms with E-state index in [4.69, 9.17) is 4.74 Å². The minimum atomic E-state index is -0.247. The predicted octanol–water partition coefficient (Wildman–Crippen LogP) is 4.56. The van der Waals surface area contributed by atoms with Gasteiger partial charge in [-0.1, -0.05) is 24.3 Å². The van der Waals surface area contributed by atoms with Gasteiger partial charge in [0.25, 0.3) is 0 Å². The Bertz CT molecular complexity index is 1090. The quantitative estimate of drug-likeness (QED) is 0.576. The van der Waals surface area contributed by atoms with Crippen LogP contribution in [0.15, 0.2) is 47.4 Å². The third-order valence-electron chi connectivity index (χ3n) is 7.34. The van der Waals surface area contributed by atoms with E-state index in [0.717, 1.165) is 50.1 Å². The van der Waals surface area contributed by atoms with Crippen molar-refractivity contribution in [1.82, 2.24) is 15.1 Å². The Kier molecular flexibility index (Phi) is 7.20. The number of amides is 3. The Hall–Kier alpha value is -2.71. The molecule has 35 heavy (non-hydrogen) atoms. The molecule has 0 radical (unpaired) electrons. The molecule has 0 aromatic heterocycles. The summed E-state index contributed by atoms with van der Waals surface area (Å²) in [4.78, 5) is 30.6. The minimum Gasteiger partial charge on any atom is -0.382 e. The molecule has 2 aromatic rings. The largest absolute Gasteiger partial charge is 0.382 e. The standard InChI is InChI=1S/C27H34N4O3S/c1-30(17-26(32)31-12-5-7-23(31)20-6-3-4-8-25(20)35-2)27(33)28-16-18-9-10-22-21(14-18)24-15-19(29-22)11-13-34-24/h3-4,6,8-10,14,19,23-24,29H,5,7,11-13,15-17H2,1-2H3,(H,28,33)/t19?,23-,24?/m1/s1. The molecule has 7 nitrogen and oxygen atoms in total. The second-order valence-corrected chi connectivity index (χ2v) is 10.5. The molecule has 2 saturated heterocycles. The van der Waals surface area contributed by atoms with Crippen molar-refractivity contribution in [3.8, 4) is 0 Å². The van der Waals surface area contributed by atoms with Crippen LogP contribution in [0, 0.1) is 0 Å². The molecule has 2 bridgehead atoms. The predicted molar refractivity (Wildman–Crippen MR) is 139 cm³/mol. The van der Waals surface area contributed by atoms with Crippen LogP contribution in [-0.4, -0.2) is 60.8 Å². The van der Waals surface area contributed by atoms with Crippen molar-refractivity contribution < 1.29 is 14.3 Å². The lowest BCUT2D eigenvalue weighted by Gasteiger charge is -2.37. The number of hydrogen-bond donors (Lipinski definition) is 2. The molecule has 3 atom stereocenters. The maximum Gasteiger partial charge on any atom is 0.317 e. The number of benzene rings is 2. The van der Waals surface area contributed by atoms with Crippen LogP contribution in [0.2, 0.25) is 0 Å². The highest BCUT2D eigenvalue weighted by molar-refractivity contribution is 7.98. The number of nitrogens with one attached hydrogen (secondary N) is 2. The molecule has 0 spiro atoms. The van der Waals surface area contributed by atoms with Gasteiger partial charge in [-0.15, -0.1) is 11.8 Å². The Balaban J connectivity index is 1.17. The number of thioether (sulfide) groups is 1. The maximum atomic E-state index is 13.2. The molecule has 2 aromatic carbocycles. The monoisotopic (exact) mass is 494 g/mol. The molecule has 2 N–H and O–H groups in total. The number of likely N-dealkylation sites (tertiary alicyclic amines) is 1. The zero-order chi connectivity index (χ0) is 24.4. The summed E-state index contributed by atoms with van der Waals surface area (Å²) in [5.41, 5.74) is 4.53. The van der Waals surface area contributed by atoms with Crippen molar-refractivity contribution in [3.05, 3.63) is 59.2 Å². The van der Waals surface area contributed by atoms with Crippen molar-refractivity contribution in [3.63, 3.8) is 0 Å². The first-order valence-corrected chi connectivity index (χ1v) is 13.7. The van der Waals surface area contributed by atoms with Gasteiger partial charge in [-0.05, 0) is 61.3 Å². The normalized spacial score (nSPS) is 22.8. The molecule has 2 fully saturated rings. The zero-order valence-corrected chi connectivity index (χ0v) is 21.3. The van der Waals surface area contributed by atoms with E-state index in [1.54, 1.807) is 18.8 Å². The lowest BCUT2D eigenvalue weighted by atomic mass is 9.90. The van der Waals surface area contributed by atoms with E-state index >= 15 is 0 Å². The Morgan fingerprint density at radius 3 is 2.91 bits per heavy atom. The Morgan fingerprint density at radius 1 is 1.20 bits per heavy atom. The molecular formula is C27H34N4O3S. The van der Waals surface area contributed by atoms with Gasteiger partial charge in [0.1, 0.15) is 6.54 Å². The molecule has 0 aliphatic carbocycles. The number of ether oxygens (including phenoxy) is 1. The first-order valence-electron chi connectivity index (χ1n) is 12.5. The van der Waals surface area contributed by atoms with E-state index in [2.05, 4.69) is 41.2 Å². The molecule has 3 aliphatic heterocycles.